The van der Waals surface area contributed by atoms with Gasteiger partial charge in [-0.3, -0.25) is 14.4 Å². The van der Waals surface area contributed by atoms with Crippen LogP contribution in [0.15, 0.2) is 0 Å². The van der Waals surface area contributed by atoms with E-state index in [-0.39, 0.29) is 31.1 Å². The average molecular weight is 976 g/mol. The monoisotopic (exact) mass is 975 g/mol. The van der Waals surface area contributed by atoms with E-state index in [2.05, 4.69) is 27.7 Å². The predicted octanol–water partition coefficient (Wildman–Crippen LogP) is 21.0. The Labute approximate surface area is 431 Å². The number of esters is 3. The molecule has 0 amide bonds. The molecule has 0 aliphatic rings. The van der Waals surface area contributed by atoms with Crippen molar-refractivity contribution in [2.75, 3.05) is 13.2 Å². The Morgan fingerprint density at radius 2 is 0.478 bits per heavy atom. The number of hydrogen-bond donors (Lipinski definition) is 0. The molecule has 0 N–H and O–H groups in total. The van der Waals surface area contributed by atoms with Crippen LogP contribution in [0.2, 0.25) is 0 Å². The van der Waals surface area contributed by atoms with E-state index in [1.54, 1.807) is 0 Å². The Morgan fingerprint density at radius 3 is 0.710 bits per heavy atom. The lowest BCUT2D eigenvalue weighted by Gasteiger charge is -2.18. The molecule has 0 aromatic heterocycles. The van der Waals surface area contributed by atoms with Crippen LogP contribution >= 0.6 is 0 Å². The zero-order valence-electron chi connectivity index (χ0n) is 47.3. The molecule has 0 aromatic rings. The Kier molecular flexibility index (Phi) is 56.0. The van der Waals surface area contributed by atoms with Gasteiger partial charge in [0.05, 0.1) is 0 Å². The molecule has 1 atom stereocenters. The molecule has 0 heterocycles. The van der Waals surface area contributed by atoms with E-state index in [0.29, 0.717) is 19.3 Å². The average Bonchev–Trinajstić information content (AvgIpc) is 3.34. The van der Waals surface area contributed by atoms with Crippen LogP contribution in [-0.2, 0) is 28.6 Å². The van der Waals surface area contributed by atoms with Crippen molar-refractivity contribution in [3.8, 4) is 0 Å². The number of hydrogen-bond acceptors (Lipinski definition) is 6. The smallest absolute Gasteiger partial charge is 0.306 e. The van der Waals surface area contributed by atoms with Crippen molar-refractivity contribution in [2.45, 2.75) is 368 Å². The summed E-state index contributed by atoms with van der Waals surface area (Å²) in [4.78, 5) is 38.2. The van der Waals surface area contributed by atoms with Gasteiger partial charge in [0.15, 0.2) is 6.10 Å². The van der Waals surface area contributed by atoms with Gasteiger partial charge >= 0.3 is 17.9 Å². The molecule has 0 saturated carbocycles. The Morgan fingerprint density at radius 1 is 0.275 bits per heavy atom. The Balaban J connectivity index is 4.24. The molecular weight excluding hydrogens is 853 g/mol. The topological polar surface area (TPSA) is 78.9 Å². The van der Waals surface area contributed by atoms with Crippen LogP contribution in [0.3, 0.4) is 0 Å². The maximum absolute atomic E-state index is 12.9. The standard InChI is InChI=1S/C63H122O6/c1-5-7-9-11-13-15-17-19-20-21-22-23-27-31-34-38-42-46-50-54-61(64)67-57-60(69-63(66)56-52-48-44-40-36-29-18-16-14-12-10-8-6-2)58-68-62(65)55-51-47-43-39-35-32-28-25-24-26-30-33-37-41-45-49-53-59(3)4/h59-60H,5-58H2,1-4H3/t60-/m0/s1. The van der Waals surface area contributed by atoms with E-state index >= 15 is 0 Å². The predicted molar refractivity (Wildman–Crippen MR) is 298 cm³/mol. The number of unbranched alkanes of at least 4 members (excludes halogenated alkanes) is 45. The molecular formula is C63H122O6. The summed E-state index contributed by atoms with van der Waals surface area (Å²) in [6.45, 7) is 9.09. The first-order valence-corrected chi connectivity index (χ1v) is 31.4. The molecule has 0 fully saturated rings. The molecule has 0 bridgehead atoms. The third-order valence-corrected chi connectivity index (χ3v) is 14.5. The normalized spacial score (nSPS) is 12.0. The minimum atomic E-state index is -0.762. The third-order valence-electron chi connectivity index (χ3n) is 14.5. The van der Waals surface area contributed by atoms with Gasteiger partial charge in [0.1, 0.15) is 13.2 Å². The summed E-state index contributed by atoms with van der Waals surface area (Å²) in [6.07, 6.45) is 63.9. The minimum Gasteiger partial charge on any atom is -0.462 e. The SMILES string of the molecule is CCCCCCCCCCCCCCCCCCCCCC(=O)OC[C@@H](COC(=O)CCCCCCCCCCCCCCCCCCC(C)C)OC(=O)CCCCCCCCCCCCCCC. The highest BCUT2D eigenvalue weighted by atomic mass is 16.6. The first-order valence-electron chi connectivity index (χ1n) is 31.4. The fourth-order valence-electron chi connectivity index (χ4n) is 9.81. The molecule has 6 heteroatoms. The largest absolute Gasteiger partial charge is 0.462 e. The maximum Gasteiger partial charge on any atom is 0.306 e. The number of rotatable bonds is 58. The molecule has 69 heavy (non-hydrogen) atoms. The second kappa shape index (κ2) is 57.3. The molecule has 0 aromatic carbocycles. The van der Waals surface area contributed by atoms with Gasteiger partial charge in [-0.25, -0.2) is 0 Å². The Bertz CT molecular complexity index is 1040. The highest BCUT2D eigenvalue weighted by Gasteiger charge is 2.19. The summed E-state index contributed by atoms with van der Waals surface area (Å²) in [5.74, 6) is 0.0236. The van der Waals surface area contributed by atoms with E-state index < -0.39 is 6.10 Å². The van der Waals surface area contributed by atoms with E-state index in [1.165, 1.54) is 257 Å². The molecule has 0 saturated heterocycles. The second-order valence-corrected chi connectivity index (χ2v) is 22.2. The highest BCUT2D eigenvalue weighted by molar-refractivity contribution is 5.71. The van der Waals surface area contributed by atoms with Crippen molar-refractivity contribution in [2.24, 2.45) is 5.92 Å². The molecule has 6 nitrogen and oxygen atoms in total. The van der Waals surface area contributed by atoms with Crippen LogP contribution in [0.25, 0.3) is 0 Å². The summed E-state index contributed by atoms with van der Waals surface area (Å²) in [7, 11) is 0. The zero-order chi connectivity index (χ0) is 50.2. The quantitative estimate of drug-likeness (QED) is 0.0343. The van der Waals surface area contributed by atoms with Gasteiger partial charge in [0.25, 0.3) is 0 Å². The van der Waals surface area contributed by atoms with Crippen LogP contribution in [0.4, 0.5) is 0 Å². The van der Waals surface area contributed by atoms with Crippen molar-refractivity contribution in [3.63, 3.8) is 0 Å². The van der Waals surface area contributed by atoms with E-state index in [0.717, 1.165) is 63.7 Å². The summed E-state index contributed by atoms with van der Waals surface area (Å²) in [5, 5.41) is 0. The van der Waals surface area contributed by atoms with Gasteiger partial charge in [0.2, 0.25) is 0 Å². The van der Waals surface area contributed by atoms with E-state index in [9.17, 15) is 14.4 Å². The summed E-state index contributed by atoms with van der Waals surface area (Å²) < 4.78 is 16.9. The van der Waals surface area contributed by atoms with Gasteiger partial charge in [-0.1, -0.05) is 323 Å². The minimum absolute atomic E-state index is 0.0612. The number of carbonyl (C=O) groups excluding carboxylic acids is 3. The number of ether oxygens (including phenoxy) is 3. The lowest BCUT2D eigenvalue weighted by molar-refractivity contribution is -0.167. The van der Waals surface area contributed by atoms with E-state index in [4.69, 9.17) is 14.2 Å². The van der Waals surface area contributed by atoms with Crippen molar-refractivity contribution in [1.29, 1.82) is 0 Å². The maximum atomic E-state index is 12.9. The fraction of sp³-hybridized carbons (Fsp3) is 0.952. The molecule has 0 rings (SSSR count). The molecule has 0 aliphatic heterocycles. The van der Waals surface area contributed by atoms with Crippen LogP contribution in [0.1, 0.15) is 362 Å². The van der Waals surface area contributed by atoms with Gasteiger partial charge in [0, 0.05) is 19.3 Å². The fourth-order valence-corrected chi connectivity index (χ4v) is 9.81. The summed E-state index contributed by atoms with van der Waals surface area (Å²) in [6, 6.07) is 0. The van der Waals surface area contributed by atoms with Gasteiger partial charge in [-0.2, -0.15) is 0 Å². The molecule has 0 unspecified atom stereocenters. The lowest BCUT2D eigenvalue weighted by atomic mass is 10.0. The Hall–Kier alpha value is -1.59. The van der Waals surface area contributed by atoms with Crippen LogP contribution in [0, 0.1) is 5.92 Å². The molecule has 0 spiro atoms. The highest BCUT2D eigenvalue weighted by Crippen LogP contribution is 2.19. The van der Waals surface area contributed by atoms with Crippen molar-refractivity contribution in [3.05, 3.63) is 0 Å². The zero-order valence-corrected chi connectivity index (χ0v) is 47.3. The van der Waals surface area contributed by atoms with Gasteiger partial charge in [-0.15, -0.1) is 0 Å². The van der Waals surface area contributed by atoms with Crippen molar-refractivity contribution in [1.82, 2.24) is 0 Å². The molecule has 0 radical (unpaired) electrons. The van der Waals surface area contributed by atoms with Crippen molar-refractivity contribution >= 4 is 17.9 Å². The van der Waals surface area contributed by atoms with E-state index in [1.807, 2.05) is 0 Å². The molecule has 410 valence electrons. The lowest BCUT2D eigenvalue weighted by Crippen LogP contribution is -2.30. The first kappa shape index (κ1) is 67.4. The summed E-state index contributed by atoms with van der Waals surface area (Å²) >= 11 is 0. The molecule has 0 aliphatic carbocycles. The van der Waals surface area contributed by atoms with Gasteiger partial charge in [-0.05, 0) is 25.2 Å². The third kappa shape index (κ3) is 57.2. The van der Waals surface area contributed by atoms with Crippen LogP contribution in [0.5, 0.6) is 0 Å². The second-order valence-electron chi connectivity index (χ2n) is 22.2. The summed E-state index contributed by atoms with van der Waals surface area (Å²) in [5.41, 5.74) is 0. The van der Waals surface area contributed by atoms with Crippen LogP contribution < -0.4 is 0 Å². The first-order chi connectivity index (χ1) is 33.9. The van der Waals surface area contributed by atoms with Gasteiger partial charge < -0.3 is 14.2 Å². The van der Waals surface area contributed by atoms with Crippen molar-refractivity contribution < 1.29 is 28.6 Å². The number of carbonyl (C=O) groups is 3. The van der Waals surface area contributed by atoms with Crippen LogP contribution in [-0.4, -0.2) is 37.2 Å².